The van der Waals surface area contributed by atoms with Gasteiger partial charge in [0.25, 0.3) is 0 Å². The molecule has 0 spiro atoms. The number of nitrogens with one attached hydrogen (secondary N) is 1. The van der Waals surface area contributed by atoms with E-state index in [1.54, 1.807) is 0 Å². The van der Waals surface area contributed by atoms with E-state index in [2.05, 4.69) is 5.32 Å². The van der Waals surface area contributed by atoms with E-state index in [1.165, 1.54) is 25.7 Å². The lowest BCUT2D eigenvalue weighted by Crippen LogP contribution is -2.50. The Morgan fingerprint density at radius 1 is 1.18 bits per heavy atom. The number of amides is 1. The van der Waals surface area contributed by atoms with E-state index < -0.39 is 0 Å². The monoisotopic (exact) mass is 308 g/mol. The van der Waals surface area contributed by atoms with Crippen molar-refractivity contribution in [1.29, 1.82) is 0 Å². The first-order valence-corrected chi connectivity index (χ1v) is 8.90. The average Bonchev–Trinajstić information content (AvgIpc) is 2.98. The molecular weight excluding hydrogens is 280 g/mol. The molecule has 22 heavy (non-hydrogen) atoms. The summed E-state index contributed by atoms with van der Waals surface area (Å²) in [6.45, 7) is 3.55. The van der Waals surface area contributed by atoms with Crippen LogP contribution < -0.4 is 5.32 Å². The van der Waals surface area contributed by atoms with Crippen LogP contribution in [0.2, 0.25) is 0 Å². The van der Waals surface area contributed by atoms with E-state index in [0.29, 0.717) is 25.1 Å². The van der Waals surface area contributed by atoms with Crippen LogP contribution in [0.4, 0.5) is 0 Å². The highest BCUT2D eigenvalue weighted by atomic mass is 16.5. The van der Waals surface area contributed by atoms with Crippen LogP contribution in [0.3, 0.4) is 0 Å². The number of fused-ring (bicyclic) bond motifs is 1. The van der Waals surface area contributed by atoms with Crippen molar-refractivity contribution >= 4 is 11.9 Å². The number of carbonyl (C=O) groups is 2. The molecule has 2 aliphatic heterocycles. The summed E-state index contributed by atoms with van der Waals surface area (Å²) in [5, 5.41) is 3.55. The number of carbonyl (C=O) groups excluding carboxylic acids is 2. The summed E-state index contributed by atoms with van der Waals surface area (Å²) in [6, 6.07) is 0.502. The third-order valence-corrected chi connectivity index (χ3v) is 5.51. The van der Waals surface area contributed by atoms with E-state index >= 15 is 0 Å². The van der Waals surface area contributed by atoms with E-state index in [-0.39, 0.29) is 23.8 Å². The molecule has 3 fully saturated rings. The second kappa shape index (κ2) is 6.99. The quantitative estimate of drug-likeness (QED) is 0.806. The Hall–Kier alpha value is -1.10. The second-order valence-electron chi connectivity index (χ2n) is 6.98. The number of esters is 1. The maximum atomic E-state index is 12.8. The van der Waals surface area contributed by atoms with Gasteiger partial charge in [-0.25, -0.2) is 0 Å². The smallest absolute Gasteiger partial charge is 0.310 e. The van der Waals surface area contributed by atoms with Gasteiger partial charge in [0, 0.05) is 19.1 Å². The van der Waals surface area contributed by atoms with Crippen LogP contribution in [0.5, 0.6) is 0 Å². The van der Waals surface area contributed by atoms with Crippen LogP contribution >= 0.6 is 0 Å². The Labute approximate surface area is 132 Å². The summed E-state index contributed by atoms with van der Waals surface area (Å²) in [5.74, 6) is 0.589. The van der Waals surface area contributed by atoms with E-state index in [0.717, 1.165) is 25.8 Å². The molecule has 1 N–H and O–H groups in total. The highest BCUT2D eigenvalue weighted by Gasteiger charge is 2.41. The van der Waals surface area contributed by atoms with Gasteiger partial charge in [0.2, 0.25) is 5.91 Å². The molecule has 3 aliphatic rings. The van der Waals surface area contributed by atoms with Gasteiger partial charge in [0.05, 0.1) is 18.6 Å². The van der Waals surface area contributed by atoms with Gasteiger partial charge in [-0.15, -0.1) is 0 Å². The zero-order valence-electron chi connectivity index (χ0n) is 13.6. The van der Waals surface area contributed by atoms with Crippen LogP contribution in [0, 0.1) is 11.8 Å². The van der Waals surface area contributed by atoms with Crippen molar-refractivity contribution in [3.8, 4) is 0 Å². The van der Waals surface area contributed by atoms with Crippen LogP contribution in [0.25, 0.3) is 0 Å². The van der Waals surface area contributed by atoms with Gasteiger partial charge in [-0.2, -0.15) is 0 Å². The summed E-state index contributed by atoms with van der Waals surface area (Å²) in [7, 11) is 0. The first kappa shape index (κ1) is 15.8. The van der Waals surface area contributed by atoms with Gasteiger partial charge >= 0.3 is 5.97 Å². The summed E-state index contributed by atoms with van der Waals surface area (Å²) in [4.78, 5) is 26.6. The van der Waals surface area contributed by atoms with Crippen molar-refractivity contribution in [1.82, 2.24) is 10.2 Å². The normalized spacial score (nSPS) is 35.0. The van der Waals surface area contributed by atoms with Gasteiger partial charge in [-0.3, -0.25) is 9.59 Å². The third-order valence-electron chi connectivity index (χ3n) is 5.51. The molecule has 5 nitrogen and oxygen atoms in total. The molecular formula is C17H28N2O3. The van der Waals surface area contributed by atoms with Gasteiger partial charge in [-0.05, 0) is 44.9 Å². The average molecular weight is 308 g/mol. The number of rotatable bonds is 3. The van der Waals surface area contributed by atoms with Gasteiger partial charge in [0.15, 0.2) is 0 Å². The molecule has 1 amide bonds. The molecule has 4 unspecified atom stereocenters. The molecule has 0 radical (unpaired) electrons. The van der Waals surface area contributed by atoms with Crippen molar-refractivity contribution in [2.24, 2.45) is 11.8 Å². The SMILES string of the molecule is CCOC(=O)C1CCCN(C(=O)C2CC3CCCCC3N2)C1. The number of nitrogens with zero attached hydrogens (tertiary/aromatic N) is 1. The molecule has 0 bridgehead atoms. The van der Waals surface area contributed by atoms with Crippen molar-refractivity contribution in [2.75, 3.05) is 19.7 Å². The molecule has 2 saturated heterocycles. The molecule has 1 aliphatic carbocycles. The lowest BCUT2D eigenvalue weighted by atomic mass is 9.85. The van der Waals surface area contributed by atoms with Crippen molar-refractivity contribution in [2.45, 2.75) is 64.0 Å². The molecule has 3 rings (SSSR count). The Balaban J connectivity index is 1.56. The predicted octanol–water partition coefficient (Wildman–Crippen LogP) is 1.71. The highest BCUT2D eigenvalue weighted by molar-refractivity contribution is 5.83. The molecule has 4 atom stereocenters. The molecule has 0 aromatic heterocycles. The number of hydrogen-bond acceptors (Lipinski definition) is 4. The Morgan fingerprint density at radius 3 is 2.77 bits per heavy atom. The summed E-state index contributed by atoms with van der Waals surface area (Å²) in [6.07, 6.45) is 7.76. The topological polar surface area (TPSA) is 58.6 Å². The molecule has 0 aromatic carbocycles. The Morgan fingerprint density at radius 2 is 2.00 bits per heavy atom. The number of likely N-dealkylation sites (tertiary alicyclic amines) is 1. The maximum Gasteiger partial charge on any atom is 0.310 e. The van der Waals surface area contributed by atoms with Crippen molar-refractivity contribution < 1.29 is 14.3 Å². The van der Waals surface area contributed by atoms with E-state index in [9.17, 15) is 9.59 Å². The van der Waals surface area contributed by atoms with Gasteiger partial charge in [-0.1, -0.05) is 12.8 Å². The first-order chi connectivity index (χ1) is 10.7. The fourth-order valence-electron chi connectivity index (χ4n) is 4.36. The molecule has 1 saturated carbocycles. The van der Waals surface area contributed by atoms with Gasteiger partial charge in [0.1, 0.15) is 0 Å². The number of ether oxygens (including phenoxy) is 1. The number of piperidine rings is 1. The standard InChI is InChI=1S/C17H28N2O3/c1-2-22-17(21)13-7-5-9-19(11-13)16(20)15-10-12-6-3-4-8-14(12)18-15/h12-15,18H,2-11H2,1H3. The zero-order valence-corrected chi connectivity index (χ0v) is 13.6. The van der Waals surface area contributed by atoms with Crippen LogP contribution in [-0.2, 0) is 14.3 Å². The Kier molecular flexibility index (Phi) is 5.01. The van der Waals surface area contributed by atoms with E-state index in [4.69, 9.17) is 4.74 Å². The van der Waals surface area contributed by atoms with E-state index in [1.807, 2.05) is 11.8 Å². The highest BCUT2D eigenvalue weighted by Crippen LogP contribution is 2.34. The first-order valence-electron chi connectivity index (χ1n) is 8.90. The van der Waals surface area contributed by atoms with Gasteiger partial charge < -0.3 is 15.0 Å². The lowest BCUT2D eigenvalue weighted by Gasteiger charge is -2.33. The van der Waals surface area contributed by atoms with Crippen molar-refractivity contribution in [3.63, 3.8) is 0 Å². The minimum absolute atomic E-state index is 0.0333. The van der Waals surface area contributed by atoms with Crippen molar-refractivity contribution in [3.05, 3.63) is 0 Å². The third kappa shape index (κ3) is 3.29. The summed E-state index contributed by atoms with van der Waals surface area (Å²) >= 11 is 0. The maximum absolute atomic E-state index is 12.8. The fourth-order valence-corrected chi connectivity index (χ4v) is 4.36. The van der Waals surface area contributed by atoms with Crippen LogP contribution in [0.15, 0.2) is 0 Å². The second-order valence-corrected chi connectivity index (χ2v) is 6.98. The number of hydrogen-bond donors (Lipinski definition) is 1. The minimum Gasteiger partial charge on any atom is -0.466 e. The Bertz CT molecular complexity index is 412. The molecule has 124 valence electrons. The largest absolute Gasteiger partial charge is 0.466 e. The zero-order chi connectivity index (χ0) is 15.5. The summed E-state index contributed by atoms with van der Waals surface area (Å²) in [5.41, 5.74) is 0. The molecule has 2 heterocycles. The lowest BCUT2D eigenvalue weighted by molar-refractivity contribution is -0.151. The van der Waals surface area contributed by atoms with Crippen LogP contribution in [0.1, 0.15) is 51.9 Å². The molecule has 5 heteroatoms. The predicted molar refractivity (Wildman–Crippen MR) is 83.2 cm³/mol. The fraction of sp³-hybridized carbons (Fsp3) is 0.882. The summed E-state index contributed by atoms with van der Waals surface area (Å²) < 4.78 is 5.12. The minimum atomic E-state index is -0.145. The van der Waals surface area contributed by atoms with Crippen LogP contribution in [-0.4, -0.2) is 48.6 Å². The molecule has 0 aromatic rings.